The largest absolute Gasteiger partial charge is 0.497 e. The number of rotatable bonds is 9. The molecule has 1 N–H and O–H groups in total. The summed E-state index contributed by atoms with van der Waals surface area (Å²) in [5.74, 6) is 0.537. The second kappa shape index (κ2) is 9.69. The van der Waals surface area contributed by atoms with Crippen LogP contribution in [0.1, 0.15) is 29.0 Å². The van der Waals surface area contributed by atoms with Crippen LogP contribution in [0.25, 0.3) is 10.9 Å². The third-order valence-corrected chi connectivity index (χ3v) is 4.53. The second-order valence-corrected chi connectivity index (χ2v) is 6.53. The summed E-state index contributed by atoms with van der Waals surface area (Å²) >= 11 is 0. The van der Waals surface area contributed by atoms with Gasteiger partial charge in [-0.2, -0.15) is 0 Å². The number of aromatic nitrogens is 2. The number of methoxy groups -OCH3 is 2. The molecular formula is C22H22N2O6. The third kappa shape index (κ3) is 5.02. The van der Waals surface area contributed by atoms with Crippen molar-refractivity contribution >= 4 is 22.7 Å². The van der Waals surface area contributed by atoms with Crippen molar-refractivity contribution in [1.82, 2.24) is 9.97 Å². The predicted molar refractivity (Wildman–Crippen MR) is 110 cm³/mol. The van der Waals surface area contributed by atoms with Gasteiger partial charge in [0.1, 0.15) is 17.3 Å². The van der Waals surface area contributed by atoms with Crippen LogP contribution in [0.2, 0.25) is 0 Å². The molecule has 0 spiro atoms. The molecule has 0 aliphatic heterocycles. The number of aryl methyl sites for hydroxylation is 1. The summed E-state index contributed by atoms with van der Waals surface area (Å²) in [6.45, 7) is -0.382. The number of para-hydroxylation sites is 1. The maximum Gasteiger partial charge on any atom is 0.306 e. The Morgan fingerprint density at radius 2 is 1.87 bits per heavy atom. The van der Waals surface area contributed by atoms with Crippen molar-refractivity contribution in [3.8, 4) is 11.5 Å². The highest BCUT2D eigenvalue weighted by atomic mass is 16.5. The van der Waals surface area contributed by atoms with Gasteiger partial charge in [0.2, 0.25) is 5.78 Å². The van der Waals surface area contributed by atoms with E-state index in [9.17, 15) is 14.4 Å². The predicted octanol–water partition coefficient (Wildman–Crippen LogP) is 2.69. The first kappa shape index (κ1) is 21.0. The van der Waals surface area contributed by atoms with Gasteiger partial charge in [0, 0.05) is 18.9 Å². The van der Waals surface area contributed by atoms with Crippen molar-refractivity contribution in [3.05, 3.63) is 64.2 Å². The van der Waals surface area contributed by atoms with Crippen LogP contribution >= 0.6 is 0 Å². The molecule has 0 radical (unpaired) electrons. The molecule has 0 aliphatic carbocycles. The number of fused-ring (bicyclic) bond motifs is 1. The third-order valence-electron chi connectivity index (χ3n) is 4.53. The molecule has 8 nitrogen and oxygen atoms in total. The van der Waals surface area contributed by atoms with E-state index in [1.54, 1.807) is 36.4 Å². The van der Waals surface area contributed by atoms with Gasteiger partial charge < -0.3 is 19.2 Å². The van der Waals surface area contributed by atoms with E-state index in [1.807, 2.05) is 6.07 Å². The van der Waals surface area contributed by atoms with Crippen LogP contribution in [0.15, 0.2) is 47.3 Å². The van der Waals surface area contributed by atoms with Crippen molar-refractivity contribution in [2.24, 2.45) is 0 Å². The molecule has 3 aromatic rings. The fourth-order valence-electron chi connectivity index (χ4n) is 2.98. The molecular weight excluding hydrogens is 388 g/mol. The van der Waals surface area contributed by atoms with E-state index in [1.165, 1.54) is 14.2 Å². The van der Waals surface area contributed by atoms with Crippen molar-refractivity contribution in [2.45, 2.75) is 19.3 Å². The standard InChI is InChI=1S/C22H22N2O6/c1-28-14-10-11-16(19(12-14)29-2)18(25)13-30-21(26)9-5-8-20-23-17-7-4-3-6-15(17)22(27)24-20/h3-4,6-7,10-12H,5,8-9,13H2,1-2H3,(H,23,24,27). The number of nitrogens with zero attached hydrogens (tertiary/aromatic N) is 1. The first-order valence-electron chi connectivity index (χ1n) is 9.40. The zero-order valence-electron chi connectivity index (χ0n) is 16.8. The van der Waals surface area contributed by atoms with Gasteiger partial charge >= 0.3 is 5.97 Å². The number of hydrogen-bond donors (Lipinski definition) is 1. The first-order valence-corrected chi connectivity index (χ1v) is 9.40. The van der Waals surface area contributed by atoms with E-state index in [-0.39, 0.29) is 24.4 Å². The number of ether oxygens (including phenoxy) is 3. The number of ketones is 1. The van der Waals surface area contributed by atoms with Crippen LogP contribution in [-0.4, -0.2) is 42.5 Å². The van der Waals surface area contributed by atoms with Crippen molar-refractivity contribution < 1.29 is 23.8 Å². The average Bonchev–Trinajstić information content (AvgIpc) is 2.77. The van der Waals surface area contributed by atoms with Crippen molar-refractivity contribution in [1.29, 1.82) is 0 Å². The summed E-state index contributed by atoms with van der Waals surface area (Å²) in [7, 11) is 2.96. The second-order valence-electron chi connectivity index (χ2n) is 6.53. The van der Waals surface area contributed by atoms with Gasteiger partial charge in [0.25, 0.3) is 5.56 Å². The van der Waals surface area contributed by atoms with E-state index in [0.717, 1.165) is 0 Å². The number of H-pyrrole nitrogens is 1. The lowest BCUT2D eigenvalue weighted by atomic mass is 10.1. The number of carbonyl (C=O) groups is 2. The number of esters is 1. The number of Topliss-reactive ketones (excluding diaryl/α,β-unsaturated/α-hetero) is 1. The molecule has 0 atom stereocenters. The van der Waals surface area contributed by atoms with Crippen LogP contribution in [0.5, 0.6) is 11.5 Å². The molecule has 0 saturated carbocycles. The zero-order chi connectivity index (χ0) is 21.5. The Morgan fingerprint density at radius 3 is 2.63 bits per heavy atom. The van der Waals surface area contributed by atoms with E-state index in [4.69, 9.17) is 14.2 Å². The molecule has 0 fully saturated rings. The SMILES string of the molecule is COc1ccc(C(=O)COC(=O)CCCc2nc3ccccc3c(=O)[nH]2)c(OC)c1. The van der Waals surface area contributed by atoms with Gasteiger partial charge in [-0.1, -0.05) is 12.1 Å². The van der Waals surface area contributed by atoms with E-state index in [0.29, 0.717) is 46.6 Å². The maximum absolute atomic E-state index is 12.3. The van der Waals surface area contributed by atoms with Crippen LogP contribution in [0.3, 0.4) is 0 Å². The minimum Gasteiger partial charge on any atom is -0.497 e. The van der Waals surface area contributed by atoms with Gasteiger partial charge in [0.15, 0.2) is 6.61 Å². The Hall–Kier alpha value is -3.68. The molecule has 0 amide bonds. The molecule has 0 unspecified atom stereocenters. The number of aromatic amines is 1. The van der Waals surface area contributed by atoms with E-state index >= 15 is 0 Å². The lowest BCUT2D eigenvalue weighted by Crippen LogP contribution is -2.15. The number of benzene rings is 2. The maximum atomic E-state index is 12.3. The highest BCUT2D eigenvalue weighted by molar-refractivity contribution is 6.00. The summed E-state index contributed by atoms with van der Waals surface area (Å²) in [4.78, 5) is 43.5. The minimum absolute atomic E-state index is 0.101. The van der Waals surface area contributed by atoms with E-state index < -0.39 is 5.97 Å². The van der Waals surface area contributed by atoms with Gasteiger partial charge in [0.05, 0.1) is 30.7 Å². The summed E-state index contributed by atoms with van der Waals surface area (Å²) in [5, 5.41) is 0.521. The summed E-state index contributed by atoms with van der Waals surface area (Å²) in [6.07, 6.45) is 0.944. The Bertz CT molecular complexity index is 1120. The normalized spacial score (nSPS) is 10.6. The zero-order valence-corrected chi connectivity index (χ0v) is 16.8. The van der Waals surface area contributed by atoms with Gasteiger partial charge in [-0.25, -0.2) is 4.98 Å². The van der Waals surface area contributed by atoms with Gasteiger partial charge in [-0.3, -0.25) is 14.4 Å². The first-order chi connectivity index (χ1) is 14.5. The van der Waals surface area contributed by atoms with Crippen LogP contribution in [0, 0.1) is 0 Å². The molecule has 1 heterocycles. The molecule has 1 aromatic heterocycles. The fraction of sp³-hybridized carbons (Fsp3) is 0.273. The van der Waals surface area contributed by atoms with Crippen LogP contribution < -0.4 is 15.0 Å². The Kier molecular flexibility index (Phi) is 6.79. The summed E-state index contributed by atoms with van der Waals surface area (Å²) in [6, 6.07) is 11.8. The lowest BCUT2D eigenvalue weighted by Gasteiger charge is -2.10. The quantitative estimate of drug-likeness (QED) is 0.427. The molecule has 8 heteroatoms. The lowest BCUT2D eigenvalue weighted by molar-refractivity contribution is -0.142. The number of hydrogen-bond acceptors (Lipinski definition) is 7. The minimum atomic E-state index is -0.501. The topological polar surface area (TPSA) is 108 Å². The van der Waals surface area contributed by atoms with Crippen molar-refractivity contribution in [2.75, 3.05) is 20.8 Å². The molecule has 3 rings (SSSR count). The van der Waals surface area contributed by atoms with Gasteiger partial charge in [-0.05, 0) is 30.7 Å². The summed E-state index contributed by atoms with van der Waals surface area (Å²) < 4.78 is 15.4. The summed E-state index contributed by atoms with van der Waals surface area (Å²) in [5.41, 5.74) is 0.708. The highest BCUT2D eigenvalue weighted by Gasteiger charge is 2.15. The highest BCUT2D eigenvalue weighted by Crippen LogP contribution is 2.25. The van der Waals surface area contributed by atoms with E-state index in [2.05, 4.69) is 9.97 Å². The molecule has 0 aliphatic rings. The average molecular weight is 410 g/mol. The molecule has 0 saturated heterocycles. The number of carbonyl (C=O) groups excluding carboxylic acids is 2. The Labute approximate surface area is 172 Å². The molecule has 30 heavy (non-hydrogen) atoms. The van der Waals surface area contributed by atoms with Crippen LogP contribution in [0.4, 0.5) is 0 Å². The van der Waals surface area contributed by atoms with Gasteiger partial charge in [-0.15, -0.1) is 0 Å². The van der Waals surface area contributed by atoms with Crippen molar-refractivity contribution in [3.63, 3.8) is 0 Å². The number of nitrogens with one attached hydrogen (secondary N) is 1. The van der Waals surface area contributed by atoms with Crippen LogP contribution in [-0.2, 0) is 16.0 Å². The Balaban J connectivity index is 1.51. The fourth-order valence-corrected chi connectivity index (χ4v) is 2.98. The molecule has 0 bridgehead atoms. The molecule has 156 valence electrons. The monoisotopic (exact) mass is 410 g/mol. The Morgan fingerprint density at radius 1 is 1.07 bits per heavy atom. The smallest absolute Gasteiger partial charge is 0.306 e. The molecule has 2 aromatic carbocycles.